The highest BCUT2D eigenvalue weighted by Gasteiger charge is 2.08. The van der Waals surface area contributed by atoms with Crippen molar-refractivity contribution in [1.82, 2.24) is 10.6 Å². The number of aliphatic imine (C=N–C) groups is 2. The molecule has 6 heteroatoms. The van der Waals surface area contributed by atoms with E-state index < -0.39 is 0 Å². The molecule has 0 spiro atoms. The quantitative estimate of drug-likeness (QED) is 0.532. The van der Waals surface area contributed by atoms with Crippen LogP contribution >= 0.6 is 0 Å². The van der Waals surface area contributed by atoms with Crippen LogP contribution in [0.5, 0.6) is 11.5 Å². The Labute approximate surface area is 200 Å². The minimum absolute atomic E-state index is 0.503. The van der Waals surface area contributed by atoms with E-state index in [-0.39, 0.29) is 0 Å². The average Bonchev–Trinajstić information content (AvgIpc) is 2.93. The van der Waals surface area contributed by atoms with E-state index in [4.69, 9.17) is 9.47 Å². The Morgan fingerprint density at radius 1 is 0.618 bits per heavy atom. The summed E-state index contributed by atoms with van der Waals surface area (Å²) >= 11 is 0. The first-order chi connectivity index (χ1) is 16.8. The van der Waals surface area contributed by atoms with Gasteiger partial charge in [-0.3, -0.25) is 9.98 Å². The van der Waals surface area contributed by atoms with E-state index in [1.165, 1.54) is 0 Å². The van der Waals surface area contributed by atoms with Crippen molar-refractivity contribution in [3.8, 4) is 11.5 Å². The predicted molar refractivity (Wildman–Crippen MR) is 136 cm³/mol. The number of rotatable bonds is 8. The van der Waals surface area contributed by atoms with Gasteiger partial charge in [-0.1, -0.05) is 54.6 Å². The molecule has 0 bridgehead atoms. The number of benzene rings is 3. The van der Waals surface area contributed by atoms with E-state index in [0.29, 0.717) is 13.2 Å². The molecular weight excluding hydrogens is 424 g/mol. The Balaban J connectivity index is 1.13. The molecule has 0 saturated carbocycles. The highest BCUT2D eigenvalue weighted by atomic mass is 16.5. The van der Waals surface area contributed by atoms with Crippen molar-refractivity contribution >= 4 is 11.7 Å². The van der Waals surface area contributed by atoms with Crippen LogP contribution in [0.2, 0.25) is 0 Å². The zero-order valence-electron chi connectivity index (χ0n) is 19.3. The molecule has 2 aliphatic rings. The van der Waals surface area contributed by atoms with Gasteiger partial charge in [0.25, 0.3) is 0 Å². The van der Waals surface area contributed by atoms with Crippen LogP contribution in [0.15, 0.2) is 82.8 Å². The molecule has 2 N–H and O–H groups in total. The van der Waals surface area contributed by atoms with Gasteiger partial charge >= 0.3 is 0 Å². The van der Waals surface area contributed by atoms with Gasteiger partial charge in [0.05, 0.1) is 0 Å². The van der Waals surface area contributed by atoms with Crippen LogP contribution in [0.1, 0.15) is 35.1 Å². The minimum Gasteiger partial charge on any atom is -0.489 e. The maximum Gasteiger partial charge on any atom is 0.128 e. The molecule has 0 aliphatic carbocycles. The number of amidine groups is 2. The summed E-state index contributed by atoms with van der Waals surface area (Å²) in [6.45, 7) is 4.77. The van der Waals surface area contributed by atoms with Crippen molar-refractivity contribution in [3.63, 3.8) is 0 Å². The molecule has 3 aromatic rings. The van der Waals surface area contributed by atoms with Crippen LogP contribution in [0.4, 0.5) is 0 Å². The zero-order valence-corrected chi connectivity index (χ0v) is 19.3. The lowest BCUT2D eigenvalue weighted by atomic mass is 10.1. The molecule has 0 fully saturated rings. The van der Waals surface area contributed by atoms with Gasteiger partial charge in [-0.15, -0.1) is 0 Å². The Bertz CT molecular complexity index is 1070. The molecule has 5 rings (SSSR count). The van der Waals surface area contributed by atoms with Crippen molar-refractivity contribution in [3.05, 3.63) is 95.1 Å². The van der Waals surface area contributed by atoms with Crippen LogP contribution in [-0.2, 0) is 13.2 Å². The molecule has 0 amide bonds. The standard InChI is InChI=1S/C28H30N4O2/c1-4-25(33-19-21-6-10-23(11-7-21)27-29-14-2-15-30-27)18-26(5-1)34-20-22-8-12-24(13-9-22)28-31-16-3-17-32-28/h1,4-13,18H,2-3,14-17,19-20H2,(H,29,30)(H,31,32). The summed E-state index contributed by atoms with van der Waals surface area (Å²) in [7, 11) is 0. The van der Waals surface area contributed by atoms with E-state index in [1.54, 1.807) is 0 Å². The highest BCUT2D eigenvalue weighted by Crippen LogP contribution is 2.22. The lowest BCUT2D eigenvalue weighted by Gasteiger charge is -2.15. The summed E-state index contributed by atoms with van der Waals surface area (Å²) in [6.07, 6.45) is 2.19. The molecule has 0 atom stereocenters. The van der Waals surface area contributed by atoms with Crippen LogP contribution in [0, 0.1) is 0 Å². The number of ether oxygens (including phenoxy) is 2. The third-order valence-electron chi connectivity index (χ3n) is 5.87. The van der Waals surface area contributed by atoms with E-state index in [0.717, 1.165) is 84.4 Å². The SMILES string of the molecule is c1cc(OCc2ccc(C3=NCCCN3)cc2)cc(OCc2ccc(C3=NCCCN3)cc2)c1. The van der Waals surface area contributed by atoms with Crippen LogP contribution in [0.25, 0.3) is 0 Å². The second kappa shape index (κ2) is 10.9. The molecule has 0 saturated heterocycles. The maximum atomic E-state index is 6.01. The van der Waals surface area contributed by atoms with E-state index >= 15 is 0 Å². The monoisotopic (exact) mass is 454 g/mol. The summed E-state index contributed by atoms with van der Waals surface area (Å²) in [5, 5.41) is 6.71. The van der Waals surface area contributed by atoms with Gasteiger partial charge in [0.1, 0.15) is 36.4 Å². The van der Waals surface area contributed by atoms with E-state index in [9.17, 15) is 0 Å². The Morgan fingerprint density at radius 2 is 1.09 bits per heavy atom. The Kier molecular flexibility index (Phi) is 7.04. The highest BCUT2D eigenvalue weighted by molar-refractivity contribution is 5.99. The molecular formula is C28H30N4O2. The van der Waals surface area contributed by atoms with Crippen molar-refractivity contribution in [2.24, 2.45) is 9.98 Å². The molecule has 6 nitrogen and oxygen atoms in total. The normalized spacial score (nSPS) is 15.4. The van der Waals surface area contributed by atoms with E-state index in [2.05, 4.69) is 69.1 Å². The Hall–Kier alpha value is -3.80. The first-order valence-corrected chi connectivity index (χ1v) is 11.9. The van der Waals surface area contributed by atoms with Gasteiger partial charge in [-0.25, -0.2) is 0 Å². The van der Waals surface area contributed by atoms with Gasteiger partial charge in [-0.2, -0.15) is 0 Å². The third kappa shape index (κ3) is 5.76. The first kappa shape index (κ1) is 22.0. The molecule has 0 radical (unpaired) electrons. The van der Waals surface area contributed by atoms with Gasteiger partial charge < -0.3 is 20.1 Å². The topological polar surface area (TPSA) is 67.2 Å². The fourth-order valence-corrected chi connectivity index (χ4v) is 3.96. The molecule has 0 aromatic heterocycles. The number of nitrogens with zero attached hydrogens (tertiary/aromatic N) is 2. The molecule has 2 heterocycles. The van der Waals surface area contributed by atoms with Gasteiger partial charge in [0.2, 0.25) is 0 Å². The van der Waals surface area contributed by atoms with Crippen LogP contribution < -0.4 is 20.1 Å². The van der Waals surface area contributed by atoms with Crippen molar-refractivity contribution in [2.75, 3.05) is 26.2 Å². The fourth-order valence-electron chi connectivity index (χ4n) is 3.96. The minimum atomic E-state index is 0.503. The Morgan fingerprint density at radius 3 is 1.50 bits per heavy atom. The molecule has 3 aromatic carbocycles. The summed E-state index contributed by atoms with van der Waals surface area (Å²) in [4.78, 5) is 9.10. The summed E-state index contributed by atoms with van der Waals surface area (Å²) in [6, 6.07) is 24.5. The second-order valence-corrected chi connectivity index (χ2v) is 8.47. The smallest absolute Gasteiger partial charge is 0.128 e. The van der Waals surface area contributed by atoms with Crippen LogP contribution in [-0.4, -0.2) is 37.9 Å². The predicted octanol–water partition coefficient (Wildman–Crippen LogP) is 4.32. The summed E-state index contributed by atoms with van der Waals surface area (Å²) < 4.78 is 12.0. The number of hydrogen-bond acceptors (Lipinski definition) is 6. The van der Waals surface area contributed by atoms with Gasteiger partial charge in [-0.05, 0) is 36.1 Å². The molecule has 0 unspecified atom stereocenters. The number of hydrogen-bond donors (Lipinski definition) is 2. The molecule has 174 valence electrons. The van der Waals surface area contributed by atoms with Crippen molar-refractivity contribution < 1.29 is 9.47 Å². The van der Waals surface area contributed by atoms with Crippen molar-refractivity contribution in [2.45, 2.75) is 26.1 Å². The third-order valence-corrected chi connectivity index (χ3v) is 5.87. The van der Waals surface area contributed by atoms with Gasteiger partial charge in [0.15, 0.2) is 0 Å². The van der Waals surface area contributed by atoms with E-state index in [1.807, 2.05) is 24.3 Å². The van der Waals surface area contributed by atoms with Crippen molar-refractivity contribution in [1.29, 1.82) is 0 Å². The maximum absolute atomic E-state index is 6.01. The summed E-state index contributed by atoms with van der Waals surface area (Å²) in [5.41, 5.74) is 4.47. The largest absolute Gasteiger partial charge is 0.489 e. The zero-order chi connectivity index (χ0) is 23.0. The second-order valence-electron chi connectivity index (χ2n) is 8.47. The lowest BCUT2D eigenvalue weighted by molar-refractivity contribution is 0.290. The molecule has 34 heavy (non-hydrogen) atoms. The summed E-state index contributed by atoms with van der Waals surface area (Å²) in [5.74, 6) is 3.54. The number of nitrogens with one attached hydrogen (secondary N) is 2. The van der Waals surface area contributed by atoms with Crippen LogP contribution in [0.3, 0.4) is 0 Å². The fraction of sp³-hybridized carbons (Fsp3) is 0.286. The van der Waals surface area contributed by atoms with Gasteiger partial charge in [0, 0.05) is 43.4 Å². The first-order valence-electron chi connectivity index (χ1n) is 11.9. The average molecular weight is 455 g/mol. The molecule has 2 aliphatic heterocycles. The lowest BCUT2D eigenvalue weighted by Crippen LogP contribution is -2.30.